The molecule has 106 valence electrons. The molecule has 1 heterocycles. The molecule has 1 unspecified atom stereocenters. The second-order valence-corrected chi connectivity index (χ2v) is 5.07. The van der Waals surface area contributed by atoms with E-state index in [9.17, 15) is 9.59 Å². The second kappa shape index (κ2) is 11.3. The van der Waals surface area contributed by atoms with Crippen molar-refractivity contribution in [3.63, 3.8) is 0 Å². The summed E-state index contributed by atoms with van der Waals surface area (Å²) in [6, 6.07) is 0. The lowest BCUT2D eigenvalue weighted by Crippen LogP contribution is -2.22. The number of carbonyl (C=O) groups is 2. The van der Waals surface area contributed by atoms with E-state index in [1.54, 1.807) is 0 Å². The van der Waals surface area contributed by atoms with E-state index in [0.29, 0.717) is 13.0 Å². The maximum Gasteiger partial charge on any atom is 0.382 e. The van der Waals surface area contributed by atoms with Crippen LogP contribution in [0.4, 0.5) is 4.79 Å². The summed E-state index contributed by atoms with van der Waals surface area (Å²) in [7, 11) is 0. The Labute approximate surface area is 113 Å². The van der Waals surface area contributed by atoms with Gasteiger partial charge in [-0.25, -0.2) is 4.79 Å². The molecule has 1 atom stereocenters. The largest absolute Gasteiger partial charge is 0.481 e. The molecule has 18 heavy (non-hydrogen) atoms. The molecule has 5 nitrogen and oxygen atoms in total. The first kappa shape index (κ1) is 17.2. The molecule has 0 aromatic heterocycles. The molecule has 0 aromatic carbocycles. The highest BCUT2D eigenvalue weighted by Gasteiger charge is 2.07. The lowest BCUT2D eigenvalue weighted by molar-refractivity contribution is -0.137. The Morgan fingerprint density at radius 2 is 2.28 bits per heavy atom. The molecule has 1 aliphatic heterocycles. The molecule has 1 rings (SSSR count). The molecule has 0 amide bonds. The van der Waals surface area contributed by atoms with E-state index in [0.717, 1.165) is 37.3 Å². The Hall–Kier alpha value is -0.750. The van der Waals surface area contributed by atoms with Crippen LogP contribution in [0.2, 0.25) is 0 Å². The zero-order chi connectivity index (χ0) is 13.8. The molecule has 2 N–H and O–H groups in total. The zero-order valence-electron chi connectivity index (χ0n) is 11.1. The Kier molecular flexibility index (Phi) is 10.9. The molecule has 1 saturated heterocycles. The van der Waals surface area contributed by atoms with Crippen molar-refractivity contribution in [1.29, 1.82) is 0 Å². The van der Waals surface area contributed by atoms with Crippen LogP contribution in [0.1, 0.15) is 46.0 Å². The van der Waals surface area contributed by atoms with Gasteiger partial charge in [0.2, 0.25) is 0 Å². The van der Waals surface area contributed by atoms with Gasteiger partial charge in [-0.05, 0) is 12.3 Å². The minimum absolute atomic E-state index is 0.230. The molecular formula is C12H23NO4S. The number of ether oxygens (including phenoxy) is 1. The summed E-state index contributed by atoms with van der Waals surface area (Å²) in [5.74, 6) is 0.0814. The van der Waals surface area contributed by atoms with Crippen molar-refractivity contribution < 1.29 is 19.4 Å². The van der Waals surface area contributed by atoms with Crippen LogP contribution in [0.3, 0.4) is 0 Å². The minimum atomic E-state index is -0.672. The van der Waals surface area contributed by atoms with Crippen molar-refractivity contribution in [3.8, 4) is 0 Å². The highest BCUT2D eigenvalue weighted by atomic mass is 32.2. The molecule has 1 aliphatic rings. The number of hydrogen-bond acceptors (Lipinski definition) is 5. The van der Waals surface area contributed by atoms with Gasteiger partial charge in [-0.15, -0.1) is 0 Å². The molecule has 0 saturated carbocycles. The van der Waals surface area contributed by atoms with Gasteiger partial charge in [-0.2, -0.15) is 0 Å². The van der Waals surface area contributed by atoms with Gasteiger partial charge in [-0.1, -0.05) is 33.1 Å². The number of unbranched alkanes of at least 4 members (excludes halogenated alkanes) is 1. The summed E-state index contributed by atoms with van der Waals surface area (Å²) in [5, 5.41) is 8.11. The van der Waals surface area contributed by atoms with Gasteiger partial charge in [-0.3, -0.25) is 9.52 Å². The number of carbonyl (C=O) groups excluding carboxylic acids is 1. The quantitative estimate of drug-likeness (QED) is 0.441. The fourth-order valence-electron chi connectivity index (χ4n) is 1.29. The summed E-state index contributed by atoms with van der Waals surface area (Å²) in [6.45, 7) is 5.64. The van der Waals surface area contributed by atoms with Crippen molar-refractivity contribution in [2.75, 3.05) is 13.2 Å². The maximum atomic E-state index is 10.1. The van der Waals surface area contributed by atoms with Crippen molar-refractivity contribution in [3.05, 3.63) is 0 Å². The number of hydrogen-bond donors (Lipinski definition) is 2. The van der Waals surface area contributed by atoms with E-state index in [1.165, 1.54) is 12.8 Å². The average molecular weight is 277 g/mol. The van der Waals surface area contributed by atoms with E-state index >= 15 is 0 Å². The second-order valence-electron chi connectivity index (χ2n) is 4.25. The predicted molar refractivity (Wildman–Crippen MR) is 72.5 cm³/mol. The monoisotopic (exact) mass is 277 g/mol. The summed E-state index contributed by atoms with van der Waals surface area (Å²) in [6.07, 6.45) is 4.59. The van der Waals surface area contributed by atoms with Crippen LogP contribution in [0, 0.1) is 5.92 Å². The van der Waals surface area contributed by atoms with E-state index < -0.39 is 5.97 Å². The highest BCUT2D eigenvalue weighted by molar-refractivity contribution is 8.11. The number of carboxylic acids is 1. The molecule has 0 spiro atoms. The third-order valence-electron chi connectivity index (χ3n) is 2.61. The zero-order valence-corrected chi connectivity index (χ0v) is 11.9. The van der Waals surface area contributed by atoms with E-state index in [2.05, 4.69) is 23.3 Å². The van der Waals surface area contributed by atoms with Crippen LogP contribution in [0.15, 0.2) is 0 Å². The van der Waals surface area contributed by atoms with Gasteiger partial charge in [0.1, 0.15) is 6.61 Å². The molecule has 0 aromatic rings. The standard InChI is InChI=1S/C9H18O2.C3H5NO2S/c1-3-8(2)6-4-5-7-9(10)11;5-3-6-2-1-4-7-3/h8H,3-7H2,1-2H3,(H,10,11);4H,1-2H2. The number of cyclic esters (lactones) is 1. The fourth-order valence-corrected chi connectivity index (χ4v) is 1.73. The minimum Gasteiger partial charge on any atom is -0.481 e. The van der Waals surface area contributed by atoms with Crippen LogP contribution in [0.5, 0.6) is 0 Å². The number of carboxylic acid groups (broad SMARTS) is 1. The number of nitrogens with one attached hydrogen (secondary N) is 1. The van der Waals surface area contributed by atoms with Crippen LogP contribution >= 0.6 is 11.9 Å². The molecule has 0 radical (unpaired) electrons. The highest BCUT2D eigenvalue weighted by Crippen LogP contribution is 2.11. The van der Waals surface area contributed by atoms with E-state index in [1.807, 2.05) is 0 Å². The lowest BCUT2D eigenvalue weighted by atomic mass is 10.0. The van der Waals surface area contributed by atoms with Crippen molar-refractivity contribution in [2.24, 2.45) is 5.92 Å². The smallest absolute Gasteiger partial charge is 0.382 e. The summed E-state index contributed by atoms with van der Waals surface area (Å²) in [4.78, 5) is 20.3. The van der Waals surface area contributed by atoms with Gasteiger partial charge in [0.05, 0.1) is 0 Å². The Morgan fingerprint density at radius 3 is 2.67 bits per heavy atom. The van der Waals surface area contributed by atoms with E-state index in [-0.39, 0.29) is 5.30 Å². The molecule has 1 fully saturated rings. The van der Waals surface area contributed by atoms with Gasteiger partial charge in [0, 0.05) is 24.9 Å². The van der Waals surface area contributed by atoms with Crippen molar-refractivity contribution >= 4 is 23.2 Å². The van der Waals surface area contributed by atoms with Gasteiger partial charge in [0.15, 0.2) is 0 Å². The predicted octanol–water partition coefficient (Wildman–Crippen LogP) is 3.05. The molecule has 6 heteroatoms. The molecule has 0 bridgehead atoms. The van der Waals surface area contributed by atoms with Crippen molar-refractivity contribution in [1.82, 2.24) is 4.72 Å². The fraction of sp³-hybridized carbons (Fsp3) is 0.833. The third kappa shape index (κ3) is 11.7. The van der Waals surface area contributed by atoms with Gasteiger partial charge < -0.3 is 9.84 Å². The number of aliphatic carboxylic acids is 1. The van der Waals surface area contributed by atoms with Crippen LogP contribution in [-0.4, -0.2) is 29.5 Å². The van der Waals surface area contributed by atoms with Gasteiger partial charge >= 0.3 is 11.3 Å². The third-order valence-corrected chi connectivity index (χ3v) is 3.25. The Balaban J connectivity index is 0.000000351. The van der Waals surface area contributed by atoms with Crippen LogP contribution < -0.4 is 4.72 Å². The number of rotatable bonds is 6. The summed E-state index contributed by atoms with van der Waals surface area (Å²) < 4.78 is 7.32. The summed E-state index contributed by atoms with van der Waals surface area (Å²) in [5.41, 5.74) is 0. The van der Waals surface area contributed by atoms with Crippen molar-refractivity contribution in [2.45, 2.75) is 46.0 Å². The van der Waals surface area contributed by atoms with Crippen LogP contribution in [0.25, 0.3) is 0 Å². The topological polar surface area (TPSA) is 75.6 Å². The first-order valence-corrected chi connectivity index (χ1v) is 7.16. The van der Waals surface area contributed by atoms with E-state index in [4.69, 9.17) is 5.11 Å². The SMILES string of the molecule is CCC(C)CCCCC(=O)O.O=C1OCCNS1. The Morgan fingerprint density at radius 1 is 1.56 bits per heavy atom. The summed E-state index contributed by atoms with van der Waals surface area (Å²) >= 11 is 1.01. The maximum absolute atomic E-state index is 10.1. The lowest BCUT2D eigenvalue weighted by Gasteiger charge is -2.08. The molecular weight excluding hydrogens is 254 g/mol. The molecule has 0 aliphatic carbocycles. The Bertz CT molecular complexity index is 240. The average Bonchev–Trinajstić information content (AvgIpc) is 2.36. The first-order chi connectivity index (χ1) is 8.56. The first-order valence-electron chi connectivity index (χ1n) is 6.34. The normalized spacial score (nSPS) is 16.2. The van der Waals surface area contributed by atoms with Gasteiger partial charge in [0.25, 0.3) is 0 Å². The van der Waals surface area contributed by atoms with Crippen LogP contribution in [-0.2, 0) is 9.53 Å².